The molecule has 3 rings (SSSR count). The van der Waals surface area contributed by atoms with Gasteiger partial charge in [0.1, 0.15) is 0 Å². The molecule has 0 saturated carbocycles. The molecule has 2 fully saturated rings. The molecule has 0 aliphatic carbocycles. The zero-order valence-corrected chi connectivity index (χ0v) is 14.7. The van der Waals surface area contributed by atoms with Gasteiger partial charge in [-0.3, -0.25) is 14.4 Å². The van der Waals surface area contributed by atoms with E-state index in [4.69, 9.17) is 0 Å². The van der Waals surface area contributed by atoms with Gasteiger partial charge in [-0.1, -0.05) is 29.8 Å². The van der Waals surface area contributed by atoms with Crippen LogP contribution >= 0.6 is 0 Å². The molecule has 1 atom stereocenters. The van der Waals surface area contributed by atoms with Gasteiger partial charge in [0.15, 0.2) is 0 Å². The van der Waals surface area contributed by atoms with E-state index in [0.29, 0.717) is 32.4 Å². The number of aryl methyl sites for hydroxylation is 1. The Bertz CT molecular complexity index is 690. The molecule has 1 N–H and O–H groups in total. The van der Waals surface area contributed by atoms with Gasteiger partial charge in [0.25, 0.3) is 0 Å². The number of hydrogen-bond donors (Lipinski definition) is 1. The summed E-state index contributed by atoms with van der Waals surface area (Å²) in [4.78, 5) is 39.6. The number of piperidine rings is 1. The Morgan fingerprint density at radius 2 is 1.80 bits per heavy atom. The number of carbonyl (C=O) groups is 3. The van der Waals surface area contributed by atoms with Gasteiger partial charge in [0.05, 0.1) is 17.9 Å². The Morgan fingerprint density at radius 3 is 2.36 bits per heavy atom. The largest absolute Gasteiger partial charge is 0.481 e. The van der Waals surface area contributed by atoms with Gasteiger partial charge in [0, 0.05) is 26.6 Å². The Labute approximate surface area is 147 Å². The molecular weight excluding hydrogens is 320 g/mol. The molecule has 2 aliphatic rings. The monoisotopic (exact) mass is 344 g/mol. The second kappa shape index (κ2) is 6.50. The van der Waals surface area contributed by atoms with Gasteiger partial charge in [-0.25, -0.2) is 0 Å². The summed E-state index contributed by atoms with van der Waals surface area (Å²) in [7, 11) is 1.69. The van der Waals surface area contributed by atoms with Gasteiger partial charge in [0.2, 0.25) is 11.8 Å². The van der Waals surface area contributed by atoms with Crippen LogP contribution in [0.15, 0.2) is 24.3 Å². The summed E-state index contributed by atoms with van der Waals surface area (Å²) >= 11 is 0. The van der Waals surface area contributed by atoms with Crippen LogP contribution < -0.4 is 0 Å². The maximum absolute atomic E-state index is 12.5. The van der Waals surface area contributed by atoms with Gasteiger partial charge < -0.3 is 14.9 Å². The highest BCUT2D eigenvalue weighted by molar-refractivity contribution is 5.88. The molecule has 0 unspecified atom stereocenters. The summed E-state index contributed by atoms with van der Waals surface area (Å²) in [6.07, 6.45) is 1.45. The number of hydrogen-bond acceptors (Lipinski definition) is 3. The summed E-state index contributed by atoms with van der Waals surface area (Å²) in [5.41, 5.74) is 1.49. The van der Waals surface area contributed by atoms with Crippen LogP contribution in [0.1, 0.15) is 30.4 Å². The molecule has 2 heterocycles. The van der Waals surface area contributed by atoms with Crippen LogP contribution in [-0.2, 0) is 20.8 Å². The van der Waals surface area contributed by atoms with Crippen LogP contribution in [0.2, 0.25) is 0 Å². The van der Waals surface area contributed by atoms with Gasteiger partial charge in [-0.2, -0.15) is 0 Å². The van der Waals surface area contributed by atoms with Crippen molar-refractivity contribution in [3.8, 4) is 0 Å². The average molecular weight is 344 g/mol. The van der Waals surface area contributed by atoms with E-state index in [0.717, 1.165) is 11.1 Å². The SMILES string of the molecule is Cc1ccc(CC(=O)N2CCC3(CC2)[C@@H](C(=O)O)CC(=O)N3C)cc1. The minimum absolute atomic E-state index is 0.0533. The Kier molecular flexibility index (Phi) is 4.54. The van der Waals surface area contributed by atoms with Crippen molar-refractivity contribution < 1.29 is 19.5 Å². The highest BCUT2D eigenvalue weighted by Crippen LogP contribution is 2.42. The minimum atomic E-state index is -0.919. The fraction of sp³-hybridized carbons (Fsp3) is 0.526. The molecule has 6 nitrogen and oxygen atoms in total. The Balaban J connectivity index is 1.66. The van der Waals surface area contributed by atoms with Crippen LogP contribution in [0, 0.1) is 12.8 Å². The zero-order valence-electron chi connectivity index (χ0n) is 14.7. The molecule has 2 aliphatic heterocycles. The average Bonchev–Trinajstić information content (AvgIpc) is 2.83. The second-order valence-corrected chi connectivity index (χ2v) is 7.19. The fourth-order valence-electron chi connectivity index (χ4n) is 4.12. The van der Waals surface area contributed by atoms with Gasteiger partial charge >= 0.3 is 5.97 Å². The smallest absolute Gasteiger partial charge is 0.309 e. The minimum Gasteiger partial charge on any atom is -0.481 e. The van der Waals surface area contributed by atoms with Crippen LogP contribution in [0.4, 0.5) is 0 Å². The van der Waals surface area contributed by atoms with E-state index in [2.05, 4.69) is 0 Å². The molecule has 2 saturated heterocycles. The maximum Gasteiger partial charge on any atom is 0.309 e. The molecule has 1 aromatic carbocycles. The van der Waals surface area contributed by atoms with Crippen molar-refractivity contribution in [2.45, 2.75) is 38.1 Å². The van der Waals surface area contributed by atoms with Crippen molar-refractivity contribution in [2.24, 2.45) is 5.92 Å². The fourth-order valence-corrected chi connectivity index (χ4v) is 4.12. The van der Waals surface area contributed by atoms with Crippen LogP contribution in [0.5, 0.6) is 0 Å². The van der Waals surface area contributed by atoms with E-state index < -0.39 is 17.4 Å². The van der Waals surface area contributed by atoms with Gasteiger partial charge in [-0.15, -0.1) is 0 Å². The molecule has 0 aromatic heterocycles. The third-order valence-electron chi connectivity index (χ3n) is 5.83. The summed E-state index contributed by atoms with van der Waals surface area (Å²) < 4.78 is 0. The van der Waals surface area contributed by atoms with Crippen molar-refractivity contribution in [3.05, 3.63) is 35.4 Å². The highest BCUT2D eigenvalue weighted by atomic mass is 16.4. The van der Waals surface area contributed by atoms with E-state index in [1.807, 2.05) is 31.2 Å². The standard InChI is InChI=1S/C19H24N2O4/c1-13-3-5-14(6-4-13)11-17(23)21-9-7-19(8-10-21)15(18(24)25)12-16(22)20(19)2/h3-6,15H,7-12H2,1-2H3,(H,24,25)/t15-/m1/s1. The van der Waals surface area contributed by atoms with E-state index in [1.165, 1.54) is 0 Å². The highest BCUT2D eigenvalue weighted by Gasteiger charge is 2.55. The number of nitrogens with zero attached hydrogens (tertiary/aromatic N) is 2. The zero-order chi connectivity index (χ0) is 18.2. The number of carbonyl (C=O) groups excluding carboxylic acids is 2. The molecule has 0 radical (unpaired) electrons. The lowest BCUT2D eigenvalue weighted by molar-refractivity contribution is -0.146. The van der Waals surface area contributed by atoms with Crippen molar-refractivity contribution in [1.29, 1.82) is 0 Å². The van der Waals surface area contributed by atoms with Crippen molar-refractivity contribution in [1.82, 2.24) is 9.80 Å². The maximum atomic E-state index is 12.5. The third-order valence-corrected chi connectivity index (χ3v) is 5.83. The first-order valence-electron chi connectivity index (χ1n) is 8.66. The predicted molar refractivity (Wildman–Crippen MR) is 91.9 cm³/mol. The van der Waals surface area contributed by atoms with Crippen LogP contribution in [0.25, 0.3) is 0 Å². The first kappa shape index (κ1) is 17.5. The van der Waals surface area contributed by atoms with E-state index in [9.17, 15) is 19.5 Å². The number of aliphatic carboxylic acids is 1. The molecule has 6 heteroatoms. The molecule has 25 heavy (non-hydrogen) atoms. The summed E-state index contributed by atoms with van der Waals surface area (Å²) in [6, 6.07) is 7.90. The summed E-state index contributed by atoms with van der Waals surface area (Å²) in [5.74, 6) is -1.67. The number of amides is 2. The first-order valence-corrected chi connectivity index (χ1v) is 8.66. The summed E-state index contributed by atoms with van der Waals surface area (Å²) in [5, 5.41) is 9.50. The normalized spacial score (nSPS) is 22.5. The Hall–Kier alpha value is -2.37. The van der Waals surface area contributed by atoms with E-state index in [1.54, 1.807) is 16.8 Å². The lowest BCUT2D eigenvalue weighted by atomic mass is 9.77. The topological polar surface area (TPSA) is 77.9 Å². The van der Waals surface area contributed by atoms with Gasteiger partial charge in [-0.05, 0) is 25.3 Å². The number of likely N-dealkylation sites (tertiary alicyclic amines) is 2. The van der Waals surface area contributed by atoms with E-state index >= 15 is 0 Å². The van der Waals surface area contributed by atoms with Crippen molar-refractivity contribution in [3.63, 3.8) is 0 Å². The molecule has 0 bridgehead atoms. The first-order chi connectivity index (χ1) is 11.8. The third kappa shape index (κ3) is 3.13. The predicted octanol–water partition coefficient (Wildman–Crippen LogP) is 1.46. The number of rotatable bonds is 3. The molecular formula is C19H24N2O4. The molecule has 2 amide bonds. The number of benzene rings is 1. The van der Waals surface area contributed by atoms with Crippen LogP contribution in [-0.4, -0.2) is 58.4 Å². The number of carboxylic acid groups (broad SMARTS) is 1. The lowest BCUT2D eigenvalue weighted by Crippen LogP contribution is -2.57. The number of carboxylic acids is 1. The Morgan fingerprint density at radius 1 is 1.20 bits per heavy atom. The second-order valence-electron chi connectivity index (χ2n) is 7.19. The van der Waals surface area contributed by atoms with Crippen LogP contribution in [0.3, 0.4) is 0 Å². The van der Waals surface area contributed by atoms with Crippen molar-refractivity contribution in [2.75, 3.05) is 20.1 Å². The molecule has 1 spiro atoms. The summed E-state index contributed by atoms with van der Waals surface area (Å²) in [6.45, 7) is 2.99. The van der Waals surface area contributed by atoms with E-state index in [-0.39, 0.29) is 18.2 Å². The molecule has 134 valence electrons. The molecule has 1 aromatic rings. The van der Waals surface area contributed by atoms with Crippen molar-refractivity contribution >= 4 is 17.8 Å². The quantitative estimate of drug-likeness (QED) is 0.900. The lowest BCUT2D eigenvalue weighted by Gasteiger charge is -2.45.